The summed E-state index contributed by atoms with van der Waals surface area (Å²) >= 11 is 0. The van der Waals surface area contributed by atoms with Crippen molar-refractivity contribution in [2.75, 3.05) is 51.4 Å². The van der Waals surface area contributed by atoms with Gasteiger partial charge < -0.3 is 25.5 Å². The van der Waals surface area contributed by atoms with Crippen LogP contribution in [0.2, 0.25) is 0 Å². The maximum absolute atomic E-state index is 12.6. The van der Waals surface area contributed by atoms with Gasteiger partial charge in [-0.3, -0.25) is 9.69 Å². The normalized spacial score (nSPS) is 18.6. The van der Waals surface area contributed by atoms with E-state index >= 15 is 0 Å². The van der Waals surface area contributed by atoms with Crippen LogP contribution in [0.15, 0.2) is 18.2 Å². The van der Waals surface area contributed by atoms with E-state index in [0.717, 1.165) is 61.8 Å². The molecule has 11 heteroatoms. The zero-order valence-corrected chi connectivity index (χ0v) is 19.2. The van der Waals surface area contributed by atoms with Gasteiger partial charge in [0.15, 0.2) is 0 Å². The number of H-pyrrole nitrogens is 1. The van der Waals surface area contributed by atoms with E-state index in [-0.39, 0.29) is 43.1 Å². The van der Waals surface area contributed by atoms with Crippen LogP contribution in [0, 0.1) is 0 Å². The van der Waals surface area contributed by atoms with Crippen LogP contribution in [-0.4, -0.2) is 72.4 Å². The number of nitrogens with zero attached hydrogens (tertiary/aromatic N) is 2. The maximum Gasteiger partial charge on any atom is 0.244 e. The first-order valence-corrected chi connectivity index (χ1v) is 9.59. The average molecular weight is 483 g/mol. The number of nitrogens with two attached hydrogens (primary N) is 1. The molecule has 3 heterocycles. The van der Waals surface area contributed by atoms with E-state index in [2.05, 4.69) is 20.2 Å². The van der Waals surface area contributed by atoms with E-state index in [1.54, 1.807) is 0 Å². The van der Waals surface area contributed by atoms with E-state index in [9.17, 15) is 4.79 Å². The minimum atomic E-state index is -0.857. The summed E-state index contributed by atoms with van der Waals surface area (Å²) in [6, 6.07) is 5.71. The number of anilines is 1. The molecule has 1 aromatic carbocycles. The van der Waals surface area contributed by atoms with Gasteiger partial charge in [-0.05, 0) is 31.0 Å². The van der Waals surface area contributed by atoms with Crippen molar-refractivity contribution in [1.82, 2.24) is 14.9 Å². The van der Waals surface area contributed by atoms with Crippen LogP contribution in [0.25, 0.3) is 11.0 Å². The van der Waals surface area contributed by atoms with E-state index in [4.69, 9.17) is 15.2 Å². The molecule has 2 fully saturated rings. The molecule has 1 aromatic heterocycles. The number of amides is 1. The second-order valence-electron chi connectivity index (χ2n) is 7.34. The first-order chi connectivity index (χ1) is 13.1. The lowest BCUT2D eigenvalue weighted by atomic mass is 9.90. The van der Waals surface area contributed by atoms with E-state index < -0.39 is 5.54 Å². The lowest BCUT2D eigenvalue weighted by Gasteiger charge is -2.31. The molecule has 8 nitrogen and oxygen atoms in total. The molecule has 0 spiro atoms. The van der Waals surface area contributed by atoms with Gasteiger partial charge in [0.25, 0.3) is 0 Å². The number of aromatic amines is 1. The van der Waals surface area contributed by atoms with Crippen molar-refractivity contribution >= 4 is 59.8 Å². The molecule has 1 amide bonds. The molecule has 4 rings (SSSR count). The van der Waals surface area contributed by atoms with Crippen molar-refractivity contribution in [3.05, 3.63) is 24.0 Å². The number of imidazole rings is 1. The van der Waals surface area contributed by atoms with Gasteiger partial charge in [-0.1, -0.05) is 0 Å². The minimum Gasteiger partial charge on any atom is -0.381 e. The van der Waals surface area contributed by atoms with Crippen LogP contribution < -0.4 is 11.1 Å². The highest BCUT2D eigenvalue weighted by atomic mass is 35.5. The molecule has 2 saturated heterocycles. The van der Waals surface area contributed by atoms with Crippen molar-refractivity contribution in [2.24, 2.45) is 5.73 Å². The standard InChI is InChI=1S/C19H27N5O3.3ClH/c20-19(4-9-26-10-5-19)18(25)21-14-1-2-15-16(13-14)23-17(22-15)3-6-24-7-11-27-12-8-24;;;/h1-2,13H,3-12,20H2,(H,21,25)(H,22,23);3*1H. The van der Waals surface area contributed by atoms with Crippen LogP contribution in [0.5, 0.6) is 0 Å². The van der Waals surface area contributed by atoms with Gasteiger partial charge in [0.1, 0.15) is 11.4 Å². The molecule has 0 radical (unpaired) electrons. The molecule has 2 aliphatic heterocycles. The van der Waals surface area contributed by atoms with Gasteiger partial charge in [0.05, 0.1) is 24.2 Å². The molecule has 30 heavy (non-hydrogen) atoms. The highest BCUT2D eigenvalue weighted by Gasteiger charge is 2.35. The van der Waals surface area contributed by atoms with Crippen molar-refractivity contribution in [3.63, 3.8) is 0 Å². The SMILES string of the molecule is Cl.Cl.Cl.NC1(C(=O)Nc2ccc3nc(CCN4CCOCC4)[nH]c3c2)CCOCC1. The maximum atomic E-state index is 12.6. The number of hydrogen-bond acceptors (Lipinski definition) is 6. The lowest BCUT2D eigenvalue weighted by Crippen LogP contribution is -2.54. The number of morpholine rings is 1. The van der Waals surface area contributed by atoms with Crippen LogP contribution in [0.4, 0.5) is 5.69 Å². The molecular formula is C19H30Cl3N5O3. The summed E-state index contributed by atoms with van der Waals surface area (Å²) in [6.45, 7) is 5.57. The molecule has 2 aliphatic rings. The molecule has 0 atom stereocenters. The summed E-state index contributed by atoms with van der Waals surface area (Å²) in [6.07, 6.45) is 1.94. The van der Waals surface area contributed by atoms with Crippen LogP contribution in [-0.2, 0) is 20.7 Å². The number of carbonyl (C=O) groups is 1. The zero-order valence-electron chi connectivity index (χ0n) is 16.7. The van der Waals surface area contributed by atoms with E-state index in [0.29, 0.717) is 26.1 Å². The number of fused-ring (bicyclic) bond motifs is 1. The third-order valence-electron chi connectivity index (χ3n) is 5.39. The fourth-order valence-electron chi connectivity index (χ4n) is 3.57. The number of rotatable bonds is 5. The highest BCUT2D eigenvalue weighted by molar-refractivity contribution is 5.99. The first kappa shape index (κ1) is 26.9. The Balaban J connectivity index is 0.00000150. The molecule has 0 saturated carbocycles. The van der Waals surface area contributed by atoms with Crippen LogP contribution in [0.1, 0.15) is 18.7 Å². The highest BCUT2D eigenvalue weighted by Crippen LogP contribution is 2.22. The van der Waals surface area contributed by atoms with Gasteiger partial charge in [-0.15, -0.1) is 37.2 Å². The first-order valence-electron chi connectivity index (χ1n) is 9.59. The monoisotopic (exact) mass is 481 g/mol. The van der Waals surface area contributed by atoms with Gasteiger partial charge in [-0.2, -0.15) is 0 Å². The lowest BCUT2D eigenvalue weighted by molar-refractivity contribution is -0.124. The summed E-state index contributed by atoms with van der Waals surface area (Å²) in [4.78, 5) is 23.0. The Morgan fingerprint density at radius 3 is 2.50 bits per heavy atom. The Kier molecular flexibility index (Phi) is 10.8. The number of benzene rings is 1. The molecular weight excluding hydrogens is 453 g/mol. The predicted octanol–water partition coefficient (Wildman–Crippen LogP) is 2.15. The Labute approximate surface area is 194 Å². The predicted molar refractivity (Wildman–Crippen MR) is 124 cm³/mol. The largest absolute Gasteiger partial charge is 0.381 e. The Morgan fingerprint density at radius 1 is 1.13 bits per heavy atom. The molecule has 0 aliphatic carbocycles. The topological polar surface area (TPSA) is 106 Å². The van der Waals surface area contributed by atoms with Crippen LogP contribution >= 0.6 is 37.2 Å². The van der Waals surface area contributed by atoms with Gasteiger partial charge in [0, 0.05) is 45.0 Å². The fraction of sp³-hybridized carbons (Fsp3) is 0.579. The number of ether oxygens (including phenoxy) is 2. The van der Waals surface area contributed by atoms with E-state index in [1.165, 1.54) is 0 Å². The Morgan fingerprint density at radius 2 is 1.80 bits per heavy atom. The molecule has 170 valence electrons. The number of nitrogens with one attached hydrogen (secondary N) is 2. The Hall–Kier alpha value is -1.13. The fourth-order valence-corrected chi connectivity index (χ4v) is 3.57. The quantitative estimate of drug-likeness (QED) is 0.603. The van der Waals surface area contributed by atoms with Crippen molar-refractivity contribution in [2.45, 2.75) is 24.8 Å². The van der Waals surface area contributed by atoms with Gasteiger partial charge >= 0.3 is 0 Å². The second-order valence-corrected chi connectivity index (χ2v) is 7.34. The summed E-state index contributed by atoms with van der Waals surface area (Å²) in [5.74, 6) is 0.803. The van der Waals surface area contributed by atoms with Gasteiger partial charge in [-0.25, -0.2) is 4.98 Å². The molecule has 2 aromatic rings. The van der Waals surface area contributed by atoms with E-state index in [1.807, 2.05) is 18.2 Å². The van der Waals surface area contributed by atoms with Crippen molar-refractivity contribution < 1.29 is 14.3 Å². The number of aromatic nitrogens is 2. The Bertz CT molecular complexity index is 808. The summed E-state index contributed by atoms with van der Waals surface area (Å²) in [5.41, 5.74) is 7.94. The van der Waals surface area contributed by atoms with Gasteiger partial charge in [0.2, 0.25) is 5.91 Å². The number of carbonyl (C=O) groups excluding carboxylic acids is 1. The smallest absolute Gasteiger partial charge is 0.244 e. The van der Waals surface area contributed by atoms with Crippen molar-refractivity contribution in [1.29, 1.82) is 0 Å². The molecule has 0 unspecified atom stereocenters. The summed E-state index contributed by atoms with van der Waals surface area (Å²) < 4.78 is 10.7. The third kappa shape index (κ3) is 6.43. The van der Waals surface area contributed by atoms with Crippen LogP contribution in [0.3, 0.4) is 0 Å². The molecule has 0 bridgehead atoms. The third-order valence-corrected chi connectivity index (χ3v) is 5.39. The average Bonchev–Trinajstić information content (AvgIpc) is 3.10. The second kappa shape index (κ2) is 12.0. The number of halogens is 3. The minimum absolute atomic E-state index is 0. The summed E-state index contributed by atoms with van der Waals surface area (Å²) in [5, 5.41) is 2.95. The summed E-state index contributed by atoms with van der Waals surface area (Å²) in [7, 11) is 0. The zero-order chi connectivity index (χ0) is 18.7. The molecule has 4 N–H and O–H groups in total. The van der Waals surface area contributed by atoms with Crippen molar-refractivity contribution in [3.8, 4) is 0 Å². The number of hydrogen-bond donors (Lipinski definition) is 3.